The lowest BCUT2D eigenvalue weighted by atomic mass is 10.1. The van der Waals surface area contributed by atoms with Gasteiger partial charge in [-0.2, -0.15) is 13.2 Å². The van der Waals surface area contributed by atoms with Gasteiger partial charge >= 0.3 is 19.0 Å². The van der Waals surface area contributed by atoms with Crippen molar-refractivity contribution in [2.45, 2.75) is 19.1 Å². The molecule has 1 radical (unpaired) electrons. The first-order valence-corrected chi connectivity index (χ1v) is 4.59. The lowest BCUT2D eigenvalue weighted by molar-refractivity contribution is -0.276. The van der Waals surface area contributed by atoms with Crippen molar-refractivity contribution < 1.29 is 40.6 Å². The molecule has 0 bridgehead atoms. The van der Waals surface area contributed by atoms with Crippen LogP contribution in [0.5, 0.6) is 5.75 Å². The molecule has 0 saturated carbocycles. The van der Waals surface area contributed by atoms with E-state index in [9.17, 15) is 31.1 Å². The molecule has 0 aliphatic heterocycles. The number of halogens is 6. The second kappa shape index (κ2) is 5.37. The van der Waals surface area contributed by atoms with Crippen LogP contribution < -0.4 is 4.74 Å². The van der Waals surface area contributed by atoms with Crippen LogP contribution in [0.3, 0.4) is 0 Å². The maximum Gasteiger partial charge on any atom is 0.573 e. The minimum absolute atomic E-state index is 0.518. The van der Waals surface area contributed by atoms with Crippen LogP contribution in [0, 0.1) is 0 Å². The van der Waals surface area contributed by atoms with Gasteiger partial charge in [-0.15, -0.1) is 13.2 Å². The van der Waals surface area contributed by atoms with Crippen LogP contribution in [-0.4, -0.2) is 12.8 Å². The number of rotatable bonds is 4. The molecule has 0 aromatic heterocycles. The lowest BCUT2D eigenvalue weighted by Gasteiger charge is -2.18. The first-order valence-electron chi connectivity index (χ1n) is 4.59. The van der Waals surface area contributed by atoms with Gasteiger partial charge in [-0.1, -0.05) is 12.1 Å². The molecular weight excluding hydrogens is 282 g/mol. The van der Waals surface area contributed by atoms with Crippen molar-refractivity contribution in [3.8, 4) is 5.75 Å². The van der Waals surface area contributed by atoms with E-state index < -0.39 is 36.0 Å². The Bertz CT molecular complexity index is 452. The predicted octanol–water partition coefficient (Wildman–Crippen LogP) is 3.19. The van der Waals surface area contributed by atoms with Gasteiger partial charge in [0.1, 0.15) is 17.9 Å². The smallest absolute Gasteiger partial charge is 0.452 e. The number of alkyl halides is 6. The fourth-order valence-corrected chi connectivity index (χ4v) is 1.34. The Kier molecular flexibility index (Phi) is 4.28. The lowest BCUT2D eigenvalue weighted by Crippen LogP contribution is -2.21. The third-order valence-corrected chi connectivity index (χ3v) is 1.91. The highest BCUT2D eigenvalue weighted by atomic mass is 19.4. The second-order valence-corrected chi connectivity index (χ2v) is 3.21. The van der Waals surface area contributed by atoms with Gasteiger partial charge in [0.05, 0.1) is 0 Å². The molecule has 3 nitrogen and oxygen atoms in total. The Morgan fingerprint density at radius 3 is 2.21 bits per heavy atom. The Hall–Kier alpha value is -1.93. The SMILES string of the molecule is O=[C]OCc1cccc(OC(F)(F)F)c1C(F)(F)F. The molecule has 0 spiro atoms. The standard InChI is InChI=1S/C10H5F6O3/c11-9(12,13)8-6(4-18-5-17)2-1-3-7(8)19-10(14,15)16/h1-3H,4H2. The molecule has 0 unspecified atom stereocenters. The Labute approximate surface area is 102 Å². The molecule has 0 amide bonds. The van der Waals surface area contributed by atoms with Gasteiger partial charge < -0.3 is 9.47 Å². The van der Waals surface area contributed by atoms with Crippen molar-refractivity contribution in [2.24, 2.45) is 0 Å². The van der Waals surface area contributed by atoms with Crippen molar-refractivity contribution in [1.29, 1.82) is 0 Å². The normalized spacial score (nSPS) is 12.1. The minimum atomic E-state index is -5.27. The van der Waals surface area contributed by atoms with Crippen molar-refractivity contribution in [1.82, 2.24) is 0 Å². The number of hydrogen-bond donors (Lipinski definition) is 0. The molecule has 1 aromatic rings. The molecule has 105 valence electrons. The number of benzene rings is 1. The molecule has 0 aliphatic rings. The fourth-order valence-electron chi connectivity index (χ4n) is 1.34. The third kappa shape index (κ3) is 4.34. The summed E-state index contributed by atoms with van der Waals surface area (Å²) in [6, 6.07) is 2.30. The van der Waals surface area contributed by atoms with Crippen molar-refractivity contribution in [3.63, 3.8) is 0 Å². The van der Waals surface area contributed by atoms with Gasteiger partial charge in [0.15, 0.2) is 0 Å². The summed E-state index contributed by atoms with van der Waals surface area (Å²) in [6.07, 6.45) is -10.4. The molecule has 0 N–H and O–H groups in total. The molecule has 1 aromatic carbocycles. The molecule has 0 fully saturated rings. The van der Waals surface area contributed by atoms with Crippen LogP contribution in [0.4, 0.5) is 26.3 Å². The second-order valence-electron chi connectivity index (χ2n) is 3.21. The first kappa shape index (κ1) is 15.1. The monoisotopic (exact) mass is 287 g/mol. The average molecular weight is 287 g/mol. The van der Waals surface area contributed by atoms with E-state index in [-0.39, 0.29) is 0 Å². The summed E-state index contributed by atoms with van der Waals surface area (Å²) >= 11 is 0. The molecule has 19 heavy (non-hydrogen) atoms. The van der Waals surface area contributed by atoms with E-state index >= 15 is 0 Å². The molecule has 0 aliphatic carbocycles. The summed E-state index contributed by atoms with van der Waals surface area (Å²) in [5.74, 6) is -1.41. The highest BCUT2D eigenvalue weighted by molar-refractivity contribution is 5.44. The van der Waals surface area contributed by atoms with Crippen LogP contribution in [0.15, 0.2) is 18.2 Å². The summed E-state index contributed by atoms with van der Waals surface area (Å²) in [7, 11) is 0. The average Bonchev–Trinajstić information content (AvgIpc) is 2.22. The highest BCUT2D eigenvalue weighted by Crippen LogP contribution is 2.40. The van der Waals surface area contributed by atoms with E-state index in [2.05, 4.69) is 9.47 Å². The third-order valence-electron chi connectivity index (χ3n) is 1.91. The van der Waals surface area contributed by atoms with E-state index in [1.54, 1.807) is 0 Å². The van der Waals surface area contributed by atoms with E-state index in [1.807, 2.05) is 0 Å². The molecule has 0 saturated heterocycles. The highest BCUT2D eigenvalue weighted by Gasteiger charge is 2.41. The van der Waals surface area contributed by atoms with Gasteiger partial charge in [0.25, 0.3) is 0 Å². The van der Waals surface area contributed by atoms with Crippen LogP contribution in [-0.2, 0) is 22.3 Å². The van der Waals surface area contributed by atoms with Gasteiger partial charge in [0.2, 0.25) is 0 Å². The first-order chi connectivity index (χ1) is 8.65. The number of ether oxygens (including phenoxy) is 2. The summed E-state index contributed by atoms with van der Waals surface area (Å²) in [4.78, 5) is 9.81. The van der Waals surface area contributed by atoms with Crippen molar-refractivity contribution in [3.05, 3.63) is 29.3 Å². The van der Waals surface area contributed by atoms with Gasteiger partial charge in [-0.05, 0) is 6.07 Å². The van der Waals surface area contributed by atoms with Crippen LogP contribution >= 0.6 is 0 Å². The molecule has 1 rings (SSSR count). The maximum atomic E-state index is 12.7. The molecular formula is C10H5F6O3. The zero-order valence-electron chi connectivity index (χ0n) is 8.93. The zero-order chi connectivity index (χ0) is 14.7. The molecule has 0 heterocycles. The van der Waals surface area contributed by atoms with E-state index in [4.69, 9.17) is 0 Å². The van der Waals surface area contributed by atoms with Gasteiger partial charge in [-0.25, -0.2) is 4.79 Å². The van der Waals surface area contributed by atoms with Crippen LogP contribution in [0.1, 0.15) is 11.1 Å². The summed E-state index contributed by atoms with van der Waals surface area (Å²) < 4.78 is 81.5. The molecule has 0 atom stereocenters. The Balaban J connectivity index is 3.26. The van der Waals surface area contributed by atoms with Crippen LogP contribution in [0.25, 0.3) is 0 Å². The Morgan fingerprint density at radius 1 is 1.11 bits per heavy atom. The molecule has 9 heteroatoms. The minimum Gasteiger partial charge on any atom is -0.452 e. The summed E-state index contributed by atoms with van der Waals surface area (Å²) in [5, 5.41) is 0. The zero-order valence-corrected chi connectivity index (χ0v) is 8.93. The maximum absolute atomic E-state index is 12.7. The van der Waals surface area contributed by atoms with Crippen molar-refractivity contribution >= 4 is 6.47 Å². The quantitative estimate of drug-likeness (QED) is 0.798. The number of carbonyl (C=O) groups excluding carboxylic acids is 1. The Morgan fingerprint density at radius 2 is 1.74 bits per heavy atom. The van der Waals surface area contributed by atoms with Crippen molar-refractivity contribution in [2.75, 3.05) is 0 Å². The van der Waals surface area contributed by atoms with E-state index in [0.717, 1.165) is 18.6 Å². The topological polar surface area (TPSA) is 35.5 Å². The summed E-state index contributed by atoms with van der Waals surface area (Å²) in [5.41, 5.74) is -2.32. The van der Waals surface area contributed by atoms with Crippen LogP contribution in [0.2, 0.25) is 0 Å². The van der Waals surface area contributed by atoms with E-state index in [0.29, 0.717) is 6.07 Å². The summed E-state index contributed by atoms with van der Waals surface area (Å²) in [6.45, 7) is 0.0145. The van der Waals surface area contributed by atoms with E-state index in [1.165, 1.54) is 0 Å². The number of hydrogen-bond acceptors (Lipinski definition) is 3. The van der Waals surface area contributed by atoms with Gasteiger partial charge in [-0.3, -0.25) is 0 Å². The fraction of sp³-hybridized carbons (Fsp3) is 0.300. The largest absolute Gasteiger partial charge is 0.573 e. The van der Waals surface area contributed by atoms with Gasteiger partial charge in [0, 0.05) is 5.56 Å². The predicted molar refractivity (Wildman–Crippen MR) is 48.6 cm³/mol.